The first-order valence-corrected chi connectivity index (χ1v) is 6.25. The predicted molar refractivity (Wildman–Crippen MR) is 70.3 cm³/mol. The summed E-state index contributed by atoms with van der Waals surface area (Å²) in [5.41, 5.74) is 6.31. The number of carbonyl (C=O) groups is 1. The van der Waals surface area contributed by atoms with Gasteiger partial charge in [0.2, 0.25) is 0 Å². The summed E-state index contributed by atoms with van der Waals surface area (Å²) >= 11 is 5.91. The molecule has 1 rings (SSSR count). The molecule has 0 aliphatic heterocycles. The van der Waals surface area contributed by atoms with Gasteiger partial charge in [-0.1, -0.05) is 43.9 Å². The molecule has 0 bridgehead atoms. The Kier molecular flexibility index (Phi) is 5.84. The number of ether oxygens (including phenoxy) is 1. The van der Waals surface area contributed by atoms with Crippen molar-refractivity contribution in [2.75, 3.05) is 12.3 Å². The predicted octanol–water partition coefficient (Wildman–Crippen LogP) is 3.66. The molecule has 0 aromatic heterocycles. The number of nitrogens with two attached hydrogens (primary N) is 1. The molecule has 0 heterocycles. The number of unbranched alkanes of at least 4 members (excludes halogenated alkanes) is 3. The fourth-order valence-electron chi connectivity index (χ4n) is 1.52. The van der Waals surface area contributed by atoms with Crippen molar-refractivity contribution in [3.05, 3.63) is 28.8 Å². The minimum Gasteiger partial charge on any atom is -0.462 e. The van der Waals surface area contributed by atoms with Gasteiger partial charge in [-0.25, -0.2) is 4.79 Å². The van der Waals surface area contributed by atoms with E-state index < -0.39 is 5.97 Å². The van der Waals surface area contributed by atoms with Crippen LogP contribution in [-0.2, 0) is 4.74 Å². The number of carbonyl (C=O) groups excluding carboxylic acids is 1. The van der Waals surface area contributed by atoms with E-state index in [0.717, 1.165) is 25.7 Å². The summed E-state index contributed by atoms with van der Waals surface area (Å²) < 4.78 is 5.13. The van der Waals surface area contributed by atoms with Crippen molar-refractivity contribution in [1.82, 2.24) is 0 Å². The van der Waals surface area contributed by atoms with Crippen LogP contribution < -0.4 is 5.73 Å². The molecule has 0 saturated carbocycles. The Bertz CT molecular complexity index is 359. The third-order valence-corrected chi connectivity index (χ3v) is 2.80. The first kappa shape index (κ1) is 13.8. The Morgan fingerprint density at radius 3 is 2.76 bits per heavy atom. The van der Waals surface area contributed by atoms with E-state index in [2.05, 4.69) is 6.92 Å². The molecule has 94 valence electrons. The van der Waals surface area contributed by atoms with Crippen molar-refractivity contribution in [2.45, 2.75) is 32.6 Å². The molecule has 17 heavy (non-hydrogen) atoms. The van der Waals surface area contributed by atoms with Crippen molar-refractivity contribution < 1.29 is 9.53 Å². The molecule has 3 nitrogen and oxygen atoms in total. The lowest BCUT2D eigenvalue weighted by atomic mass is 10.2. The van der Waals surface area contributed by atoms with Gasteiger partial charge in [0, 0.05) is 5.69 Å². The van der Waals surface area contributed by atoms with Crippen LogP contribution in [0.5, 0.6) is 0 Å². The van der Waals surface area contributed by atoms with Gasteiger partial charge in [0.1, 0.15) is 5.56 Å². The van der Waals surface area contributed by atoms with Crippen LogP contribution in [-0.4, -0.2) is 12.6 Å². The standard InChI is InChI=1S/C13H18ClNO2/c1-2-3-4-5-9-17-13(16)12-10(14)7-6-8-11(12)15/h6-8H,2-5,9,15H2,1H3. The zero-order valence-electron chi connectivity index (χ0n) is 10.0. The largest absolute Gasteiger partial charge is 0.462 e. The molecule has 2 N–H and O–H groups in total. The van der Waals surface area contributed by atoms with Crippen molar-refractivity contribution in [1.29, 1.82) is 0 Å². The van der Waals surface area contributed by atoms with E-state index in [-0.39, 0.29) is 5.56 Å². The smallest absolute Gasteiger partial charge is 0.341 e. The van der Waals surface area contributed by atoms with Gasteiger partial charge in [-0.15, -0.1) is 0 Å². The summed E-state index contributed by atoms with van der Waals surface area (Å²) in [6.45, 7) is 2.56. The van der Waals surface area contributed by atoms with Crippen LogP contribution in [0.25, 0.3) is 0 Å². The number of esters is 1. The molecule has 0 radical (unpaired) electrons. The van der Waals surface area contributed by atoms with Gasteiger partial charge in [-0.3, -0.25) is 0 Å². The van der Waals surface area contributed by atoms with E-state index in [1.165, 1.54) is 0 Å². The van der Waals surface area contributed by atoms with Gasteiger partial charge < -0.3 is 10.5 Å². The SMILES string of the molecule is CCCCCCOC(=O)c1c(N)cccc1Cl. The third-order valence-electron chi connectivity index (χ3n) is 2.48. The fraction of sp³-hybridized carbons (Fsp3) is 0.462. The zero-order chi connectivity index (χ0) is 12.7. The fourth-order valence-corrected chi connectivity index (χ4v) is 1.78. The minimum atomic E-state index is -0.440. The average molecular weight is 256 g/mol. The number of halogens is 1. The highest BCUT2D eigenvalue weighted by atomic mass is 35.5. The molecule has 0 saturated heterocycles. The number of nitrogen functional groups attached to an aromatic ring is 1. The molecule has 1 aromatic rings. The highest BCUT2D eigenvalue weighted by molar-refractivity contribution is 6.34. The lowest BCUT2D eigenvalue weighted by Gasteiger charge is -2.08. The second-order valence-corrected chi connectivity index (χ2v) is 4.31. The maximum atomic E-state index is 11.7. The topological polar surface area (TPSA) is 52.3 Å². The van der Waals surface area contributed by atoms with Crippen molar-refractivity contribution in [2.24, 2.45) is 0 Å². The van der Waals surface area contributed by atoms with Crippen LogP contribution in [0.1, 0.15) is 43.0 Å². The Balaban J connectivity index is 2.47. The van der Waals surface area contributed by atoms with Crippen LogP contribution in [0.2, 0.25) is 5.02 Å². The molecule has 0 fully saturated rings. The highest BCUT2D eigenvalue weighted by Crippen LogP contribution is 2.22. The maximum Gasteiger partial charge on any atom is 0.341 e. The Morgan fingerprint density at radius 2 is 2.12 bits per heavy atom. The van der Waals surface area contributed by atoms with E-state index in [0.29, 0.717) is 17.3 Å². The summed E-state index contributed by atoms with van der Waals surface area (Å²) in [6, 6.07) is 4.97. The second-order valence-electron chi connectivity index (χ2n) is 3.90. The van der Waals surface area contributed by atoms with E-state index in [1.807, 2.05) is 0 Å². The average Bonchev–Trinajstić information content (AvgIpc) is 2.28. The maximum absolute atomic E-state index is 11.7. The quantitative estimate of drug-likeness (QED) is 0.479. The van der Waals surface area contributed by atoms with Crippen LogP contribution in [0, 0.1) is 0 Å². The van der Waals surface area contributed by atoms with Gasteiger partial charge in [-0.2, -0.15) is 0 Å². The number of hydrogen-bond donors (Lipinski definition) is 1. The van der Waals surface area contributed by atoms with E-state index >= 15 is 0 Å². The van der Waals surface area contributed by atoms with Crippen molar-refractivity contribution in [3.8, 4) is 0 Å². The lowest BCUT2D eigenvalue weighted by Crippen LogP contribution is -2.10. The molecule has 0 amide bonds. The van der Waals surface area contributed by atoms with Gasteiger partial charge in [0.25, 0.3) is 0 Å². The minimum absolute atomic E-state index is 0.268. The zero-order valence-corrected chi connectivity index (χ0v) is 10.8. The number of rotatable bonds is 6. The van der Waals surface area contributed by atoms with Gasteiger partial charge in [0.05, 0.1) is 11.6 Å². The lowest BCUT2D eigenvalue weighted by molar-refractivity contribution is 0.0499. The molecule has 0 atom stereocenters. The normalized spacial score (nSPS) is 10.2. The second kappa shape index (κ2) is 7.17. The van der Waals surface area contributed by atoms with E-state index in [4.69, 9.17) is 22.1 Å². The summed E-state index contributed by atoms with van der Waals surface area (Å²) in [5.74, 6) is -0.440. The molecule has 4 heteroatoms. The summed E-state index contributed by atoms with van der Waals surface area (Å²) in [5, 5.41) is 0.337. The van der Waals surface area contributed by atoms with Crippen LogP contribution in [0.4, 0.5) is 5.69 Å². The molecular weight excluding hydrogens is 238 g/mol. The summed E-state index contributed by atoms with van der Waals surface area (Å²) in [4.78, 5) is 11.7. The Hall–Kier alpha value is -1.22. The first-order chi connectivity index (χ1) is 8.16. The Morgan fingerprint density at radius 1 is 1.35 bits per heavy atom. The third kappa shape index (κ3) is 4.27. The van der Waals surface area contributed by atoms with Crippen LogP contribution in [0.15, 0.2) is 18.2 Å². The number of hydrogen-bond acceptors (Lipinski definition) is 3. The number of benzene rings is 1. The van der Waals surface area contributed by atoms with Crippen LogP contribution in [0.3, 0.4) is 0 Å². The summed E-state index contributed by atoms with van der Waals surface area (Å²) in [7, 11) is 0. The Labute approximate surface area is 107 Å². The highest BCUT2D eigenvalue weighted by Gasteiger charge is 2.14. The molecule has 0 unspecified atom stereocenters. The van der Waals surface area contributed by atoms with Gasteiger partial charge in [-0.05, 0) is 18.6 Å². The molecule has 1 aromatic carbocycles. The number of anilines is 1. The monoisotopic (exact) mass is 255 g/mol. The van der Waals surface area contributed by atoms with Crippen molar-refractivity contribution >= 4 is 23.3 Å². The van der Waals surface area contributed by atoms with E-state index in [9.17, 15) is 4.79 Å². The first-order valence-electron chi connectivity index (χ1n) is 5.88. The van der Waals surface area contributed by atoms with Crippen molar-refractivity contribution in [3.63, 3.8) is 0 Å². The molecule has 0 aliphatic carbocycles. The molecule has 0 spiro atoms. The van der Waals surface area contributed by atoms with E-state index in [1.54, 1.807) is 18.2 Å². The van der Waals surface area contributed by atoms with Gasteiger partial charge >= 0.3 is 5.97 Å². The van der Waals surface area contributed by atoms with Gasteiger partial charge in [0.15, 0.2) is 0 Å². The molecular formula is C13H18ClNO2. The summed E-state index contributed by atoms with van der Waals surface area (Å²) in [6.07, 6.45) is 4.27. The van der Waals surface area contributed by atoms with Crippen LogP contribution >= 0.6 is 11.6 Å². The molecule has 0 aliphatic rings.